The molecule has 11 heteroatoms. The standard InChI is InChI=1S/C17H14ClF3N4O2S/c1-11(12-2-5-14(6-3-12)25-10-22-9-23-25)24-28(26,27)16-8-13(17(19,20)21)4-7-15(16)18/h2-11,24H,1H3/t11-/m0/s1. The van der Waals surface area contributed by atoms with Crippen LogP contribution < -0.4 is 4.72 Å². The highest BCUT2D eigenvalue weighted by atomic mass is 35.5. The van der Waals surface area contributed by atoms with Gasteiger partial charge in [-0.25, -0.2) is 22.8 Å². The van der Waals surface area contributed by atoms with Gasteiger partial charge in [-0.15, -0.1) is 0 Å². The first-order valence-corrected chi connectivity index (χ1v) is 9.78. The lowest BCUT2D eigenvalue weighted by Crippen LogP contribution is -2.27. The smallest absolute Gasteiger partial charge is 0.223 e. The third-order valence-electron chi connectivity index (χ3n) is 3.96. The first kappa shape index (κ1) is 20.3. The first-order chi connectivity index (χ1) is 13.1. The minimum atomic E-state index is -4.68. The summed E-state index contributed by atoms with van der Waals surface area (Å²) in [5.41, 5.74) is 0.231. The molecule has 3 rings (SSSR count). The number of benzene rings is 2. The van der Waals surface area contributed by atoms with E-state index in [1.165, 1.54) is 17.3 Å². The predicted molar refractivity (Wildman–Crippen MR) is 96.5 cm³/mol. The van der Waals surface area contributed by atoms with Gasteiger partial charge in [0.15, 0.2) is 0 Å². The van der Waals surface area contributed by atoms with Crippen LogP contribution in [-0.2, 0) is 16.2 Å². The van der Waals surface area contributed by atoms with Crippen LogP contribution in [0.5, 0.6) is 0 Å². The Balaban J connectivity index is 1.84. The largest absolute Gasteiger partial charge is 0.416 e. The Kier molecular flexibility index (Phi) is 5.46. The molecule has 0 saturated heterocycles. The van der Waals surface area contributed by atoms with Gasteiger partial charge in [0.05, 0.1) is 16.3 Å². The maximum atomic E-state index is 12.9. The van der Waals surface area contributed by atoms with Crippen LogP contribution in [0.3, 0.4) is 0 Å². The van der Waals surface area contributed by atoms with E-state index in [2.05, 4.69) is 14.8 Å². The molecule has 0 amide bonds. The van der Waals surface area contributed by atoms with Crippen molar-refractivity contribution in [2.75, 3.05) is 0 Å². The van der Waals surface area contributed by atoms with Crippen molar-refractivity contribution in [1.82, 2.24) is 19.5 Å². The molecule has 1 heterocycles. The summed E-state index contributed by atoms with van der Waals surface area (Å²) in [4.78, 5) is 3.21. The maximum absolute atomic E-state index is 12.9. The minimum Gasteiger partial charge on any atom is -0.223 e. The van der Waals surface area contributed by atoms with E-state index >= 15 is 0 Å². The Morgan fingerprint density at radius 3 is 2.39 bits per heavy atom. The molecule has 148 valence electrons. The zero-order valence-electron chi connectivity index (χ0n) is 14.4. The average molecular weight is 431 g/mol. The van der Waals surface area contributed by atoms with Gasteiger partial charge in [0, 0.05) is 6.04 Å². The molecular formula is C17H14ClF3N4O2S. The molecule has 6 nitrogen and oxygen atoms in total. The molecule has 0 bridgehead atoms. The lowest BCUT2D eigenvalue weighted by molar-refractivity contribution is -0.137. The molecule has 0 aliphatic carbocycles. The van der Waals surface area contributed by atoms with Crippen LogP contribution in [0.4, 0.5) is 13.2 Å². The van der Waals surface area contributed by atoms with Crippen molar-refractivity contribution in [1.29, 1.82) is 0 Å². The number of alkyl halides is 3. The van der Waals surface area contributed by atoms with Crippen LogP contribution in [0.15, 0.2) is 60.0 Å². The van der Waals surface area contributed by atoms with Crippen molar-refractivity contribution in [3.05, 3.63) is 71.3 Å². The van der Waals surface area contributed by atoms with Gasteiger partial charge in [0.1, 0.15) is 17.6 Å². The average Bonchev–Trinajstić information content (AvgIpc) is 3.15. The summed E-state index contributed by atoms with van der Waals surface area (Å²) in [7, 11) is -4.28. The molecule has 0 aliphatic heterocycles. The highest BCUT2D eigenvalue weighted by Gasteiger charge is 2.33. The lowest BCUT2D eigenvalue weighted by atomic mass is 10.1. The summed E-state index contributed by atoms with van der Waals surface area (Å²) in [6.45, 7) is 1.57. The van der Waals surface area contributed by atoms with Crippen molar-refractivity contribution in [2.24, 2.45) is 0 Å². The Bertz CT molecular complexity index is 1070. The van der Waals surface area contributed by atoms with Crippen LogP contribution in [0.2, 0.25) is 5.02 Å². The van der Waals surface area contributed by atoms with Gasteiger partial charge < -0.3 is 0 Å². The van der Waals surface area contributed by atoms with Crippen molar-refractivity contribution < 1.29 is 21.6 Å². The van der Waals surface area contributed by atoms with E-state index in [-0.39, 0.29) is 5.02 Å². The van der Waals surface area contributed by atoms with E-state index < -0.39 is 32.7 Å². The molecular weight excluding hydrogens is 417 g/mol. The van der Waals surface area contributed by atoms with E-state index in [0.29, 0.717) is 11.6 Å². The molecule has 28 heavy (non-hydrogen) atoms. The molecule has 0 aliphatic rings. The van der Waals surface area contributed by atoms with Crippen molar-refractivity contribution in [2.45, 2.75) is 24.0 Å². The third-order valence-corrected chi connectivity index (χ3v) is 5.98. The molecule has 0 spiro atoms. The van der Waals surface area contributed by atoms with Crippen LogP contribution in [0, 0.1) is 0 Å². The van der Waals surface area contributed by atoms with Gasteiger partial charge >= 0.3 is 6.18 Å². The summed E-state index contributed by atoms with van der Waals surface area (Å²) in [6.07, 6.45) is -1.79. The van der Waals surface area contributed by atoms with Crippen LogP contribution in [-0.4, -0.2) is 23.2 Å². The lowest BCUT2D eigenvalue weighted by Gasteiger charge is -2.17. The van der Waals surface area contributed by atoms with E-state index in [1.54, 1.807) is 31.2 Å². The number of nitrogens with zero attached hydrogens (tertiary/aromatic N) is 3. The summed E-state index contributed by atoms with van der Waals surface area (Å²) < 4.78 is 67.7. The Morgan fingerprint density at radius 1 is 1.14 bits per heavy atom. The Morgan fingerprint density at radius 2 is 1.82 bits per heavy atom. The van der Waals surface area contributed by atoms with Crippen molar-refractivity contribution in [3.8, 4) is 5.69 Å². The number of nitrogens with one attached hydrogen (secondary N) is 1. The van der Waals surface area contributed by atoms with Crippen LogP contribution in [0.25, 0.3) is 5.69 Å². The van der Waals surface area contributed by atoms with E-state index in [1.807, 2.05) is 0 Å². The molecule has 0 radical (unpaired) electrons. The van der Waals surface area contributed by atoms with Crippen molar-refractivity contribution in [3.63, 3.8) is 0 Å². The zero-order valence-corrected chi connectivity index (χ0v) is 15.9. The summed E-state index contributed by atoms with van der Waals surface area (Å²) >= 11 is 5.84. The van der Waals surface area contributed by atoms with Gasteiger partial charge in [0.25, 0.3) is 0 Å². The van der Waals surface area contributed by atoms with Crippen LogP contribution in [0.1, 0.15) is 24.1 Å². The topological polar surface area (TPSA) is 76.9 Å². The van der Waals surface area contributed by atoms with E-state index in [0.717, 1.165) is 17.8 Å². The second-order valence-electron chi connectivity index (χ2n) is 5.92. The van der Waals surface area contributed by atoms with Gasteiger partial charge in [-0.2, -0.15) is 18.3 Å². The fourth-order valence-electron chi connectivity index (χ4n) is 2.51. The molecule has 0 saturated carbocycles. The molecule has 1 atom stereocenters. The van der Waals surface area contributed by atoms with Crippen molar-refractivity contribution >= 4 is 21.6 Å². The SMILES string of the molecule is C[C@H](NS(=O)(=O)c1cc(C(F)(F)F)ccc1Cl)c1ccc(-n2cncn2)cc1. The number of hydrogen-bond donors (Lipinski definition) is 1. The Hall–Kier alpha value is -2.43. The minimum absolute atomic E-state index is 0.297. The highest BCUT2D eigenvalue weighted by molar-refractivity contribution is 7.89. The quantitative estimate of drug-likeness (QED) is 0.664. The van der Waals surface area contributed by atoms with Gasteiger partial charge in [0.2, 0.25) is 10.0 Å². The van der Waals surface area contributed by atoms with Crippen LogP contribution >= 0.6 is 11.6 Å². The maximum Gasteiger partial charge on any atom is 0.416 e. The molecule has 1 aromatic heterocycles. The van der Waals surface area contributed by atoms with Gasteiger partial charge in [-0.05, 0) is 42.8 Å². The van der Waals surface area contributed by atoms with Gasteiger partial charge in [-0.1, -0.05) is 23.7 Å². The summed E-state index contributed by atoms with van der Waals surface area (Å²) in [5, 5.41) is 3.69. The molecule has 2 aromatic carbocycles. The first-order valence-electron chi connectivity index (χ1n) is 7.92. The van der Waals surface area contributed by atoms with E-state index in [4.69, 9.17) is 11.6 Å². The number of rotatable bonds is 5. The third kappa shape index (κ3) is 4.34. The molecule has 1 N–H and O–H groups in total. The summed E-state index contributed by atoms with van der Waals surface area (Å²) in [5.74, 6) is 0. The number of halogens is 4. The predicted octanol–water partition coefficient (Wildman–Crippen LogP) is 3.98. The number of hydrogen-bond acceptors (Lipinski definition) is 4. The normalized spacial score (nSPS) is 13.5. The second-order valence-corrected chi connectivity index (χ2v) is 8.01. The fraction of sp³-hybridized carbons (Fsp3) is 0.176. The fourth-order valence-corrected chi connectivity index (χ4v) is 4.26. The Labute approximate surface area is 164 Å². The second kappa shape index (κ2) is 7.53. The highest BCUT2D eigenvalue weighted by Crippen LogP contribution is 2.33. The number of aromatic nitrogens is 3. The molecule has 0 fully saturated rings. The molecule has 3 aromatic rings. The summed E-state index contributed by atoms with van der Waals surface area (Å²) in [6, 6.07) is 8.24. The zero-order chi connectivity index (χ0) is 20.5. The monoisotopic (exact) mass is 430 g/mol. The number of sulfonamides is 1. The molecule has 0 unspecified atom stereocenters. The van der Waals surface area contributed by atoms with Gasteiger partial charge in [-0.3, -0.25) is 0 Å². The van der Waals surface area contributed by atoms with E-state index in [9.17, 15) is 21.6 Å².